The number of ether oxygens (including phenoxy) is 1. The van der Waals surface area contributed by atoms with Crippen LogP contribution in [0, 0.1) is 0 Å². The minimum absolute atomic E-state index is 0.791. The smallest absolute Gasteiger partial charge is 0.136 e. The van der Waals surface area contributed by atoms with Crippen molar-refractivity contribution in [3.05, 3.63) is 12.8 Å². The van der Waals surface area contributed by atoms with E-state index in [0.29, 0.717) is 0 Å². The molecule has 0 radical (unpaired) electrons. The minimum atomic E-state index is 0.791. The van der Waals surface area contributed by atoms with Gasteiger partial charge in [-0.1, -0.05) is 6.58 Å². The molecule has 0 heterocycles. The molecule has 2 heteroatoms. The lowest BCUT2D eigenvalue weighted by molar-refractivity contribution is -0.923. The molecule has 0 aliphatic rings. The molecular weight excluding hydrogens is 150 g/mol. The lowest BCUT2D eigenvalue weighted by atomic mass is 10.3. The molecule has 72 valence electrons. The number of quaternary nitrogens is 1. The standard InChI is InChI=1S/C10H22NO/c1-5-11(6-2,7-3)9-10-12-8-4/h8H,4-7,9-10H2,1-3H3/q+1. The van der Waals surface area contributed by atoms with Crippen LogP contribution in [0.4, 0.5) is 0 Å². The van der Waals surface area contributed by atoms with Gasteiger partial charge < -0.3 is 9.22 Å². The van der Waals surface area contributed by atoms with Crippen LogP contribution in [0.3, 0.4) is 0 Å². The monoisotopic (exact) mass is 172 g/mol. The maximum atomic E-state index is 5.14. The number of hydrogen-bond acceptors (Lipinski definition) is 1. The van der Waals surface area contributed by atoms with E-state index in [0.717, 1.165) is 17.6 Å². The van der Waals surface area contributed by atoms with Gasteiger partial charge >= 0.3 is 0 Å². The zero-order valence-corrected chi connectivity index (χ0v) is 8.68. The fourth-order valence-corrected chi connectivity index (χ4v) is 1.47. The van der Waals surface area contributed by atoms with Crippen LogP contribution in [-0.4, -0.2) is 37.3 Å². The molecule has 0 aromatic heterocycles. The van der Waals surface area contributed by atoms with E-state index >= 15 is 0 Å². The van der Waals surface area contributed by atoms with Gasteiger partial charge in [0.05, 0.1) is 25.9 Å². The van der Waals surface area contributed by atoms with Crippen molar-refractivity contribution < 1.29 is 9.22 Å². The van der Waals surface area contributed by atoms with Gasteiger partial charge in [0.1, 0.15) is 13.2 Å². The molecule has 0 unspecified atom stereocenters. The highest BCUT2D eigenvalue weighted by atomic mass is 16.5. The summed E-state index contributed by atoms with van der Waals surface area (Å²) < 4.78 is 6.29. The molecule has 0 bridgehead atoms. The van der Waals surface area contributed by atoms with E-state index in [-0.39, 0.29) is 0 Å². The molecule has 12 heavy (non-hydrogen) atoms. The van der Waals surface area contributed by atoms with Gasteiger partial charge in [-0.25, -0.2) is 0 Å². The lowest BCUT2D eigenvalue weighted by Gasteiger charge is -2.35. The van der Waals surface area contributed by atoms with Crippen LogP contribution in [0.25, 0.3) is 0 Å². The predicted octanol–water partition coefficient (Wildman–Crippen LogP) is 2.02. The molecule has 0 atom stereocenters. The number of likely N-dealkylation sites (N-methyl/N-ethyl adjacent to an activating group) is 1. The van der Waals surface area contributed by atoms with Crippen molar-refractivity contribution in [2.45, 2.75) is 20.8 Å². The summed E-state index contributed by atoms with van der Waals surface area (Å²) in [4.78, 5) is 0. The average Bonchev–Trinajstić information content (AvgIpc) is 2.14. The van der Waals surface area contributed by atoms with Gasteiger partial charge in [0.2, 0.25) is 0 Å². The Morgan fingerprint density at radius 2 is 1.67 bits per heavy atom. The Morgan fingerprint density at radius 3 is 2.00 bits per heavy atom. The summed E-state index contributed by atoms with van der Waals surface area (Å²) in [6.07, 6.45) is 1.52. The number of hydrogen-bond donors (Lipinski definition) is 0. The van der Waals surface area contributed by atoms with Gasteiger partial charge in [0.15, 0.2) is 0 Å². The Labute approximate surface area is 76.4 Å². The first-order chi connectivity index (χ1) is 5.74. The highest BCUT2D eigenvalue weighted by Crippen LogP contribution is 2.04. The van der Waals surface area contributed by atoms with Crippen molar-refractivity contribution in [3.63, 3.8) is 0 Å². The third-order valence-electron chi connectivity index (χ3n) is 2.81. The Kier molecular flexibility index (Phi) is 5.81. The normalized spacial score (nSPS) is 11.2. The third kappa shape index (κ3) is 3.26. The Morgan fingerprint density at radius 1 is 1.17 bits per heavy atom. The van der Waals surface area contributed by atoms with Crippen LogP contribution in [0.5, 0.6) is 0 Å². The van der Waals surface area contributed by atoms with Crippen LogP contribution in [0.2, 0.25) is 0 Å². The van der Waals surface area contributed by atoms with Crippen molar-refractivity contribution in [1.82, 2.24) is 0 Å². The molecule has 2 nitrogen and oxygen atoms in total. The number of nitrogens with zero attached hydrogens (tertiary/aromatic N) is 1. The quantitative estimate of drug-likeness (QED) is 0.324. The van der Waals surface area contributed by atoms with Gasteiger partial charge in [-0.3, -0.25) is 0 Å². The van der Waals surface area contributed by atoms with Gasteiger partial charge in [0, 0.05) is 0 Å². The summed E-state index contributed by atoms with van der Waals surface area (Å²) in [5.74, 6) is 0. The summed E-state index contributed by atoms with van der Waals surface area (Å²) in [5.41, 5.74) is 0. The molecule has 0 fully saturated rings. The van der Waals surface area contributed by atoms with E-state index in [2.05, 4.69) is 27.4 Å². The van der Waals surface area contributed by atoms with E-state index in [1.807, 2.05) is 0 Å². The van der Waals surface area contributed by atoms with Gasteiger partial charge in [-0.2, -0.15) is 0 Å². The Hall–Kier alpha value is -0.500. The van der Waals surface area contributed by atoms with E-state index in [1.54, 1.807) is 0 Å². The molecule has 0 aromatic carbocycles. The second kappa shape index (κ2) is 6.06. The van der Waals surface area contributed by atoms with Crippen molar-refractivity contribution >= 4 is 0 Å². The first-order valence-corrected chi connectivity index (χ1v) is 4.82. The van der Waals surface area contributed by atoms with E-state index in [1.165, 1.54) is 25.9 Å². The summed E-state index contributed by atoms with van der Waals surface area (Å²) in [7, 11) is 0. The van der Waals surface area contributed by atoms with Crippen molar-refractivity contribution in [1.29, 1.82) is 0 Å². The SMILES string of the molecule is C=COCC[N+](CC)(CC)CC. The average molecular weight is 172 g/mol. The second-order valence-electron chi connectivity index (χ2n) is 3.05. The largest absolute Gasteiger partial charge is 0.496 e. The van der Waals surface area contributed by atoms with Crippen molar-refractivity contribution in [2.75, 3.05) is 32.8 Å². The maximum Gasteiger partial charge on any atom is 0.136 e. The maximum absolute atomic E-state index is 5.14. The zero-order valence-electron chi connectivity index (χ0n) is 8.68. The highest BCUT2D eigenvalue weighted by molar-refractivity contribution is 4.48. The summed E-state index contributed by atoms with van der Waals surface area (Å²) >= 11 is 0. The van der Waals surface area contributed by atoms with Crippen molar-refractivity contribution in [3.8, 4) is 0 Å². The zero-order chi connectivity index (χ0) is 9.45. The fourth-order valence-electron chi connectivity index (χ4n) is 1.47. The highest BCUT2D eigenvalue weighted by Gasteiger charge is 2.19. The van der Waals surface area contributed by atoms with E-state index in [4.69, 9.17) is 4.74 Å². The summed E-state index contributed by atoms with van der Waals surface area (Å²) in [6, 6.07) is 0. The molecule has 0 rings (SSSR count). The van der Waals surface area contributed by atoms with Gasteiger partial charge in [-0.05, 0) is 20.8 Å². The van der Waals surface area contributed by atoms with Crippen molar-refractivity contribution in [2.24, 2.45) is 0 Å². The van der Waals surface area contributed by atoms with Crippen LogP contribution in [-0.2, 0) is 4.74 Å². The molecule has 0 aliphatic carbocycles. The molecule has 0 spiro atoms. The minimum Gasteiger partial charge on any atom is -0.496 e. The van der Waals surface area contributed by atoms with Crippen LogP contribution in [0.15, 0.2) is 12.8 Å². The molecule has 0 aliphatic heterocycles. The molecule has 0 saturated heterocycles. The van der Waals surface area contributed by atoms with E-state index in [9.17, 15) is 0 Å². The second-order valence-corrected chi connectivity index (χ2v) is 3.05. The topological polar surface area (TPSA) is 9.23 Å². The Balaban J connectivity index is 3.84. The molecule has 0 amide bonds. The van der Waals surface area contributed by atoms with Gasteiger partial charge in [-0.15, -0.1) is 0 Å². The first kappa shape index (κ1) is 11.5. The molecule has 0 saturated carbocycles. The molecule has 0 N–H and O–H groups in total. The summed E-state index contributed by atoms with van der Waals surface area (Å²) in [6.45, 7) is 15.7. The number of rotatable bonds is 7. The first-order valence-electron chi connectivity index (χ1n) is 4.82. The van der Waals surface area contributed by atoms with E-state index < -0.39 is 0 Å². The van der Waals surface area contributed by atoms with Crippen LogP contribution >= 0.6 is 0 Å². The molecular formula is C10H22NO+. The Bertz CT molecular complexity index is 111. The molecule has 0 aromatic rings. The fraction of sp³-hybridized carbons (Fsp3) is 0.800. The predicted molar refractivity (Wildman–Crippen MR) is 52.9 cm³/mol. The van der Waals surface area contributed by atoms with Crippen LogP contribution in [0.1, 0.15) is 20.8 Å². The lowest BCUT2D eigenvalue weighted by Crippen LogP contribution is -2.49. The van der Waals surface area contributed by atoms with Gasteiger partial charge in [0.25, 0.3) is 0 Å². The van der Waals surface area contributed by atoms with Crippen LogP contribution < -0.4 is 0 Å². The third-order valence-corrected chi connectivity index (χ3v) is 2.81. The summed E-state index contributed by atoms with van der Waals surface area (Å²) in [5, 5.41) is 0.